The standard InChI is InChI=1S/CH6O3Si/c2-1(3,4)5/h2-4H,5H3. The SMILES string of the molecule is OC(O)(O)[SiH3]. The third-order valence-electron chi connectivity index (χ3n) is 0. The average Bonchev–Trinajstić information content (AvgIpc) is 0.722. The molecule has 3 nitrogen and oxygen atoms in total. The number of hydrogen-bond donors (Lipinski definition) is 3. The van der Waals surface area contributed by atoms with Gasteiger partial charge in [0.25, 0.3) is 0 Å². The van der Waals surface area contributed by atoms with Gasteiger partial charge in [0.15, 0.2) is 0 Å². The Kier molecular flexibility index (Phi) is 1.08. The first-order chi connectivity index (χ1) is 2.00. The Morgan fingerprint density at radius 2 is 1.20 bits per heavy atom. The predicted octanol–water partition coefficient (Wildman–Crippen LogP) is -3.06. The van der Waals surface area contributed by atoms with Crippen molar-refractivity contribution in [2.45, 2.75) is 5.60 Å². The van der Waals surface area contributed by atoms with E-state index in [0.29, 0.717) is 0 Å². The summed E-state index contributed by atoms with van der Waals surface area (Å²) in [4.78, 5) is 0. The van der Waals surface area contributed by atoms with Crippen LogP contribution in [-0.4, -0.2) is 31.2 Å². The Hall–Kier alpha value is 0.0969. The number of hydrogen-bond acceptors (Lipinski definition) is 3. The van der Waals surface area contributed by atoms with Crippen LogP contribution in [0.25, 0.3) is 0 Å². The second-order valence-electron chi connectivity index (χ2n) is 0.971. The topological polar surface area (TPSA) is 60.7 Å². The van der Waals surface area contributed by atoms with Crippen LogP contribution in [-0.2, 0) is 0 Å². The minimum Gasteiger partial charge on any atom is -0.348 e. The van der Waals surface area contributed by atoms with Crippen LogP contribution in [0.1, 0.15) is 0 Å². The van der Waals surface area contributed by atoms with E-state index in [1.54, 1.807) is 0 Å². The van der Waals surface area contributed by atoms with E-state index < -0.39 is 5.60 Å². The molecule has 0 saturated heterocycles. The zero-order chi connectivity index (χ0) is 4.50. The summed E-state index contributed by atoms with van der Waals surface area (Å²) in [5, 5.41) is 23.1. The van der Waals surface area contributed by atoms with Gasteiger partial charge in [-0.25, -0.2) is 0 Å². The van der Waals surface area contributed by atoms with Crippen LogP contribution in [0.5, 0.6) is 0 Å². The van der Waals surface area contributed by atoms with Crippen molar-refractivity contribution in [3.63, 3.8) is 0 Å². The number of aliphatic hydroxyl groups is 3. The predicted molar refractivity (Wildman–Crippen MR) is 19.3 cm³/mol. The minimum atomic E-state index is -2.36. The first kappa shape index (κ1) is 5.10. The molecule has 0 aromatic rings. The van der Waals surface area contributed by atoms with Crippen molar-refractivity contribution in [2.75, 3.05) is 0 Å². The normalized spacial score (nSPS) is 12.6. The molecule has 32 valence electrons. The summed E-state index contributed by atoms with van der Waals surface area (Å²) in [5.41, 5.74) is -2.36. The Bertz CT molecular complexity index is 22.4. The molecule has 0 bridgehead atoms. The van der Waals surface area contributed by atoms with Crippen molar-refractivity contribution >= 4 is 10.2 Å². The van der Waals surface area contributed by atoms with E-state index in [2.05, 4.69) is 0 Å². The second-order valence-corrected chi connectivity index (χ2v) is 2.31. The smallest absolute Gasteiger partial charge is 0.238 e. The van der Waals surface area contributed by atoms with Gasteiger partial charge < -0.3 is 15.3 Å². The van der Waals surface area contributed by atoms with Gasteiger partial charge in [-0.3, -0.25) is 0 Å². The molecule has 4 heteroatoms. The molecule has 0 saturated carbocycles. The molecule has 0 radical (unpaired) electrons. The highest BCUT2D eigenvalue weighted by Gasteiger charge is 2.03. The largest absolute Gasteiger partial charge is 0.348 e. The molecule has 0 aliphatic rings. The van der Waals surface area contributed by atoms with E-state index in [-0.39, 0.29) is 10.2 Å². The van der Waals surface area contributed by atoms with Gasteiger partial charge in [0, 0.05) is 0 Å². The van der Waals surface area contributed by atoms with Gasteiger partial charge in [-0.05, 0) is 0 Å². The fraction of sp³-hybridized carbons (Fsp3) is 1.00. The van der Waals surface area contributed by atoms with Crippen LogP contribution < -0.4 is 0 Å². The second kappa shape index (κ2) is 1.06. The zero-order valence-electron chi connectivity index (χ0n) is 2.84. The lowest BCUT2D eigenvalue weighted by Crippen LogP contribution is -2.26. The fourth-order valence-corrected chi connectivity index (χ4v) is 0. The van der Waals surface area contributed by atoms with Gasteiger partial charge >= 0.3 is 0 Å². The molecule has 0 heterocycles. The summed E-state index contributed by atoms with van der Waals surface area (Å²) < 4.78 is 0. The molecule has 0 aromatic carbocycles. The maximum atomic E-state index is 7.69. The van der Waals surface area contributed by atoms with Crippen molar-refractivity contribution < 1.29 is 15.3 Å². The van der Waals surface area contributed by atoms with E-state index in [4.69, 9.17) is 15.3 Å². The molecule has 0 amide bonds. The number of rotatable bonds is 0. The summed E-state index contributed by atoms with van der Waals surface area (Å²) in [6.07, 6.45) is 0. The van der Waals surface area contributed by atoms with E-state index in [1.165, 1.54) is 0 Å². The Labute approximate surface area is 32.3 Å². The molecule has 0 spiro atoms. The van der Waals surface area contributed by atoms with Crippen LogP contribution in [0.2, 0.25) is 0 Å². The van der Waals surface area contributed by atoms with Crippen LogP contribution in [0, 0.1) is 0 Å². The first-order valence-corrected chi connectivity index (χ1v) is 2.17. The third-order valence-corrected chi connectivity index (χ3v) is 0. The summed E-state index contributed by atoms with van der Waals surface area (Å²) in [7, 11) is -0.0255. The Morgan fingerprint density at radius 3 is 1.20 bits per heavy atom. The highest BCUT2D eigenvalue weighted by Crippen LogP contribution is 1.74. The van der Waals surface area contributed by atoms with Gasteiger partial charge in [-0.15, -0.1) is 0 Å². The van der Waals surface area contributed by atoms with Crippen molar-refractivity contribution in [2.24, 2.45) is 0 Å². The highest BCUT2D eigenvalue weighted by molar-refractivity contribution is 6.11. The molecule has 0 aliphatic heterocycles. The van der Waals surface area contributed by atoms with Crippen molar-refractivity contribution in [3.8, 4) is 0 Å². The lowest BCUT2D eigenvalue weighted by atomic mass is 11.3. The van der Waals surface area contributed by atoms with E-state index >= 15 is 0 Å². The van der Waals surface area contributed by atoms with Gasteiger partial charge in [-0.1, -0.05) is 0 Å². The van der Waals surface area contributed by atoms with Crippen LogP contribution in [0.4, 0.5) is 0 Å². The minimum absolute atomic E-state index is 0.0255. The summed E-state index contributed by atoms with van der Waals surface area (Å²) in [5.74, 6) is 0. The summed E-state index contributed by atoms with van der Waals surface area (Å²) in [6, 6.07) is 0. The first-order valence-electron chi connectivity index (χ1n) is 1.17. The average molecular weight is 94.1 g/mol. The molecule has 3 N–H and O–H groups in total. The van der Waals surface area contributed by atoms with Crippen LogP contribution in [0.15, 0.2) is 0 Å². The van der Waals surface area contributed by atoms with Crippen LogP contribution in [0.3, 0.4) is 0 Å². The molecule has 0 unspecified atom stereocenters. The molecule has 0 aliphatic carbocycles. The Morgan fingerprint density at radius 1 is 1.20 bits per heavy atom. The van der Waals surface area contributed by atoms with Crippen molar-refractivity contribution in [1.29, 1.82) is 0 Å². The van der Waals surface area contributed by atoms with E-state index in [0.717, 1.165) is 0 Å². The highest BCUT2D eigenvalue weighted by atomic mass is 28.1. The van der Waals surface area contributed by atoms with Gasteiger partial charge in [-0.2, -0.15) is 0 Å². The Balaban J connectivity index is 3.02. The molecule has 0 fully saturated rings. The van der Waals surface area contributed by atoms with Crippen molar-refractivity contribution in [3.05, 3.63) is 0 Å². The maximum absolute atomic E-state index is 7.69. The van der Waals surface area contributed by atoms with Gasteiger partial charge in [0.2, 0.25) is 5.60 Å². The summed E-state index contributed by atoms with van der Waals surface area (Å²) >= 11 is 0. The lowest BCUT2D eigenvalue weighted by molar-refractivity contribution is -0.243. The molecule has 0 rings (SSSR count). The van der Waals surface area contributed by atoms with Crippen LogP contribution >= 0.6 is 0 Å². The zero-order valence-corrected chi connectivity index (χ0v) is 4.84. The quantitative estimate of drug-likeness (QED) is 0.221. The maximum Gasteiger partial charge on any atom is 0.238 e. The molecular formula is CH6O3Si. The molecule has 0 atom stereocenters. The van der Waals surface area contributed by atoms with Gasteiger partial charge in [0.1, 0.15) is 10.2 Å². The van der Waals surface area contributed by atoms with Crippen molar-refractivity contribution in [1.82, 2.24) is 0 Å². The lowest BCUT2D eigenvalue weighted by Gasteiger charge is -2.02. The van der Waals surface area contributed by atoms with E-state index in [1.807, 2.05) is 0 Å². The summed E-state index contributed by atoms with van der Waals surface area (Å²) in [6.45, 7) is 0. The molecular weight excluding hydrogens is 88.1 g/mol. The van der Waals surface area contributed by atoms with E-state index in [9.17, 15) is 0 Å². The fourth-order valence-electron chi connectivity index (χ4n) is 0. The monoisotopic (exact) mass is 94.0 g/mol. The molecule has 0 aromatic heterocycles. The molecule has 5 heavy (non-hydrogen) atoms. The van der Waals surface area contributed by atoms with Gasteiger partial charge in [0.05, 0.1) is 0 Å². The third kappa shape index (κ3) is 1920.